The lowest BCUT2D eigenvalue weighted by molar-refractivity contribution is -0.167. The first-order valence-corrected chi connectivity index (χ1v) is 34.4. The van der Waals surface area contributed by atoms with Gasteiger partial charge in [0.25, 0.3) is 0 Å². The molecule has 0 rings (SSSR count). The average molecular weight is 1130 g/mol. The molecule has 0 aromatic heterocycles. The number of hydrogen-bond acceptors (Lipinski definition) is 6. The van der Waals surface area contributed by atoms with Gasteiger partial charge in [0.2, 0.25) is 0 Å². The Balaban J connectivity index is 4.03. The molecule has 0 N–H and O–H groups in total. The van der Waals surface area contributed by atoms with Gasteiger partial charge in [0.15, 0.2) is 6.10 Å². The molecule has 1 atom stereocenters. The second-order valence-corrected chi connectivity index (χ2v) is 22.7. The topological polar surface area (TPSA) is 78.9 Å². The Morgan fingerprint density at radius 1 is 0.259 bits per heavy atom. The summed E-state index contributed by atoms with van der Waals surface area (Å²) in [4.78, 5) is 38.0. The van der Waals surface area contributed by atoms with Crippen molar-refractivity contribution in [1.82, 2.24) is 0 Å². The van der Waals surface area contributed by atoms with Crippen LogP contribution in [0.2, 0.25) is 0 Å². The third-order valence-corrected chi connectivity index (χ3v) is 14.8. The number of esters is 3. The number of allylic oxidation sites excluding steroid dienone is 18. The Hall–Kier alpha value is -3.93. The molecule has 0 bridgehead atoms. The third-order valence-electron chi connectivity index (χ3n) is 14.8. The van der Waals surface area contributed by atoms with Crippen LogP contribution >= 0.6 is 0 Å². The standard InChI is InChI=1S/C75H128O6/c1-4-7-10-13-15-17-19-21-23-25-27-29-31-33-35-36-37-38-40-41-43-45-47-49-51-53-55-57-59-62-65-68-74(77)80-71-72(70-79-73(76)67-64-61-12-9-6-3)81-75(78)69-66-63-60-58-56-54-52-50-48-46-44-42-39-34-32-30-28-26-24-22-20-18-16-14-11-8-5-2/h8,11,16,18-19,21-22,24-25,27-28,30,34,39,44,46,50,52,72H,4-7,9-10,12-15,17,20,23,26,29,31-33,35-38,40-43,45,47-49,51,53-71H2,1-3H3/b11-8-,18-16-,21-19-,24-22-,27-25-,30-28-,39-34-,46-44-,52-50-. The Morgan fingerprint density at radius 2 is 0.481 bits per heavy atom. The van der Waals surface area contributed by atoms with Gasteiger partial charge in [0.05, 0.1) is 0 Å². The predicted molar refractivity (Wildman–Crippen MR) is 353 cm³/mol. The van der Waals surface area contributed by atoms with E-state index in [1.807, 2.05) is 0 Å². The Kier molecular flexibility index (Phi) is 65.2. The molecule has 0 saturated carbocycles. The van der Waals surface area contributed by atoms with Crippen molar-refractivity contribution in [2.75, 3.05) is 13.2 Å². The summed E-state index contributed by atoms with van der Waals surface area (Å²) in [5.74, 6) is -0.909. The molecule has 0 heterocycles. The number of rotatable bonds is 62. The number of carbonyl (C=O) groups is 3. The summed E-state index contributed by atoms with van der Waals surface area (Å²) in [7, 11) is 0. The molecule has 1 unspecified atom stereocenters. The van der Waals surface area contributed by atoms with Crippen LogP contribution in [-0.2, 0) is 28.6 Å². The number of carbonyl (C=O) groups excluding carboxylic acids is 3. The van der Waals surface area contributed by atoms with Crippen LogP contribution in [0.25, 0.3) is 0 Å². The van der Waals surface area contributed by atoms with Crippen LogP contribution in [0.15, 0.2) is 109 Å². The normalized spacial score (nSPS) is 12.8. The molecule has 6 nitrogen and oxygen atoms in total. The first-order valence-electron chi connectivity index (χ1n) is 34.4. The van der Waals surface area contributed by atoms with E-state index in [9.17, 15) is 14.4 Å². The number of hydrogen-bond donors (Lipinski definition) is 0. The van der Waals surface area contributed by atoms with Crippen LogP contribution in [0, 0.1) is 0 Å². The maximum absolute atomic E-state index is 12.8. The summed E-state index contributed by atoms with van der Waals surface area (Å²) in [6.07, 6.45) is 94.5. The molecule has 0 aromatic rings. The quantitative estimate of drug-likeness (QED) is 0.0261. The van der Waals surface area contributed by atoms with E-state index in [1.165, 1.54) is 154 Å². The molecule has 464 valence electrons. The number of ether oxygens (including phenoxy) is 3. The molecule has 0 fully saturated rings. The zero-order valence-electron chi connectivity index (χ0n) is 53.3. The highest BCUT2D eigenvalue weighted by Gasteiger charge is 2.19. The summed E-state index contributed by atoms with van der Waals surface area (Å²) in [5, 5.41) is 0. The van der Waals surface area contributed by atoms with Gasteiger partial charge in [-0.15, -0.1) is 0 Å². The van der Waals surface area contributed by atoms with E-state index >= 15 is 0 Å². The third kappa shape index (κ3) is 66.8. The van der Waals surface area contributed by atoms with E-state index in [2.05, 4.69) is 130 Å². The zero-order valence-corrected chi connectivity index (χ0v) is 53.3. The fraction of sp³-hybridized carbons (Fsp3) is 0.720. The van der Waals surface area contributed by atoms with Crippen LogP contribution in [-0.4, -0.2) is 37.2 Å². The maximum atomic E-state index is 12.8. The smallest absolute Gasteiger partial charge is 0.306 e. The van der Waals surface area contributed by atoms with Crippen LogP contribution in [0.1, 0.15) is 329 Å². The van der Waals surface area contributed by atoms with E-state index in [0.29, 0.717) is 19.3 Å². The molecule has 6 heteroatoms. The highest BCUT2D eigenvalue weighted by molar-refractivity contribution is 5.71. The monoisotopic (exact) mass is 1120 g/mol. The molecule has 0 amide bonds. The van der Waals surface area contributed by atoms with Crippen LogP contribution in [0.3, 0.4) is 0 Å². The second kappa shape index (κ2) is 68.6. The average Bonchev–Trinajstić information content (AvgIpc) is 3.47. The molecular formula is C75H128O6. The van der Waals surface area contributed by atoms with Crippen molar-refractivity contribution in [2.45, 2.75) is 335 Å². The summed E-state index contributed by atoms with van der Waals surface area (Å²) >= 11 is 0. The van der Waals surface area contributed by atoms with Gasteiger partial charge in [0.1, 0.15) is 13.2 Å². The van der Waals surface area contributed by atoms with Gasteiger partial charge >= 0.3 is 17.9 Å². The SMILES string of the molecule is CC/C=C\C/C=C\C/C=C\C/C=C\C/C=C\C/C=C\C/C=C\CCCCCCCC(=O)OC(COC(=O)CCCCCCC)COC(=O)CCCCCCCCCCCCCCCCCCCCC/C=C\C/C=C\CCCCCCC. The molecule has 0 aromatic carbocycles. The summed E-state index contributed by atoms with van der Waals surface area (Å²) in [6.45, 7) is 6.44. The van der Waals surface area contributed by atoms with Crippen molar-refractivity contribution in [2.24, 2.45) is 0 Å². The molecule has 0 spiro atoms. The van der Waals surface area contributed by atoms with Gasteiger partial charge in [0, 0.05) is 19.3 Å². The molecule has 0 aliphatic heterocycles. The largest absolute Gasteiger partial charge is 0.462 e. The van der Waals surface area contributed by atoms with Crippen molar-refractivity contribution >= 4 is 17.9 Å². The van der Waals surface area contributed by atoms with Gasteiger partial charge in [-0.05, 0) is 109 Å². The highest BCUT2D eigenvalue weighted by Crippen LogP contribution is 2.17. The van der Waals surface area contributed by atoms with Crippen molar-refractivity contribution in [3.05, 3.63) is 109 Å². The van der Waals surface area contributed by atoms with Crippen LogP contribution in [0.4, 0.5) is 0 Å². The lowest BCUT2D eigenvalue weighted by atomic mass is 10.0. The number of unbranched alkanes of at least 4 members (excludes halogenated alkanes) is 33. The highest BCUT2D eigenvalue weighted by atomic mass is 16.6. The zero-order chi connectivity index (χ0) is 58.5. The fourth-order valence-corrected chi connectivity index (χ4v) is 9.63. The first kappa shape index (κ1) is 77.1. The Morgan fingerprint density at radius 3 is 0.753 bits per heavy atom. The fourth-order valence-electron chi connectivity index (χ4n) is 9.63. The van der Waals surface area contributed by atoms with Crippen molar-refractivity contribution < 1.29 is 28.6 Å². The van der Waals surface area contributed by atoms with E-state index in [1.54, 1.807) is 0 Å². The molecule has 81 heavy (non-hydrogen) atoms. The van der Waals surface area contributed by atoms with Gasteiger partial charge < -0.3 is 14.2 Å². The van der Waals surface area contributed by atoms with Gasteiger partial charge in [-0.3, -0.25) is 14.4 Å². The summed E-state index contributed by atoms with van der Waals surface area (Å²) in [5.41, 5.74) is 0. The minimum Gasteiger partial charge on any atom is -0.462 e. The molecule has 0 aliphatic rings. The second-order valence-electron chi connectivity index (χ2n) is 22.7. The molecule has 0 saturated heterocycles. The van der Waals surface area contributed by atoms with E-state index in [4.69, 9.17) is 14.2 Å². The first-order chi connectivity index (χ1) is 40.0. The van der Waals surface area contributed by atoms with Gasteiger partial charge in [-0.25, -0.2) is 0 Å². The van der Waals surface area contributed by atoms with Gasteiger partial charge in [-0.2, -0.15) is 0 Å². The Labute approximate surface area is 501 Å². The van der Waals surface area contributed by atoms with E-state index in [-0.39, 0.29) is 31.1 Å². The molecule has 0 aliphatic carbocycles. The van der Waals surface area contributed by atoms with Crippen LogP contribution < -0.4 is 0 Å². The minimum absolute atomic E-state index is 0.0845. The Bertz CT molecular complexity index is 1620. The molecular weight excluding hydrogens is 997 g/mol. The van der Waals surface area contributed by atoms with Crippen molar-refractivity contribution in [3.8, 4) is 0 Å². The van der Waals surface area contributed by atoms with Crippen molar-refractivity contribution in [3.63, 3.8) is 0 Å². The predicted octanol–water partition coefficient (Wildman–Crippen LogP) is 23.8. The lowest BCUT2D eigenvalue weighted by Gasteiger charge is -2.18. The molecule has 0 radical (unpaired) electrons. The van der Waals surface area contributed by atoms with Gasteiger partial charge in [-0.1, -0.05) is 310 Å². The summed E-state index contributed by atoms with van der Waals surface area (Å²) in [6, 6.07) is 0. The van der Waals surface area contributed by atoms with E-state index < -0.39 is 6.10 Å². The lowest BCUT2D eigenvalue weighted by Crippen LogP contribution is -2.30. The maximum Gasteiger partial charge on any atom is 0.306 e. The van der Waals surface area contributed by atoms with Crippen molar-refractivity contribution in [1.29, 1.82) is 0 Å². The van der Waals surface area contributed by atoms with E-state index in [0.717, 1.165) is 135 Å². The minimum atomic E-state index is -0.786. The van der Waals surface area contributed by atoms with Crippen LogP contribution in [0.5, 0.6) is 0 Å². The summed E-state index contributed by atoms with van der Waals surface area (Å²) < 4.78 is 16.8.